The van der Waals surface area contributed by atoms with Crippen LogP contribution in [0, 0.1) is 11.6 Å². The number of carbonyl (C=O) groups is 2. The van der Waals surface area contributed by atoms with E-state index in [4.69, 9.17) is 4.74 Å². The zero-order valence-corrected chi connectivity index (χ0v) is 19.4. The first-order valence-corrected chi connectivity index (χ1v) is 11.4. The summed E-state index contributed by atoms with van der Waals surface area (Å²) in [6, 6.07) is 16.4. The molecule has 0 aromatic heterocycles. The molecule has 0 unspecified atom stereocenters. The third-order valence-electron chi connectivity index (χ3n) is 5.94. The van der Waals surface area contributed by atoms with Crippen molar-refractivity contribution in [2.75, 3.05) is 6.54 Å². The summed E-state index contributed by atoms with van der Waals surface area (Å²) < 4.78 is 74.2. The maximum Gasteiger partial charge on any atom is 0.491 e. The van der Waals surface area contributed by atoms with Crippen LogP contribution in [0.5, 0.6) is 5.75 Å². The van der Waals surface area contributed by atoms with E-state index in [1.165, 1.54) is 12.1 Å². The van der Waals surface area contributed by atoms with Crippen molar-refractivity contribution in [1.29, 1.82) is 0 Å². The van der Waals surface area contributed by atoms with Crippen molar-refractivity contribution in [3.05, 3.63) is 89.5 Å². The van der Waals surface area contributed by atoms with Gasteiger partial charge in [0.05, 0.1) is 0 Å². The molecule has 0 radical (unpaired) electrons. The number of esters is 2. The first-order valence-electron chi connectivity index (χ1n) is 11.4. The molecule has 0 spiro atoms. The highest BCUT2D eigenvalue weighted by molar-refractivity contribution is 5.91. The molecule has 0 aliphatic carbocycles. The largest absolute Gasteiger partial charge is 0.491 e. The molecule has 0 amide bonds. The lowest BCUT2D eigenvalue weighted by atomic mass is 10.1. The highest BCUT2D eigenvalue weighted by atomic mass is 19.4. The fourth-order valence-electron chi connectivity index (χ4n) is 4.17. The van der Waals surface area contributed by atoms with Crippen molar-refractivity contribution >= 4 is 11.9 Å². The summed E-state index contributed by atoms with van der Waals surface area (Å²) in [4.78, 5) is 24.8. The Morgan fingerprint density at radius 1 is 0.946 bits per heavy atom. The molecule has 0 N–H and O–H groups in total. The summed E-state index contributed by atoms with van der Waals surface area (Å²) in [6.45, 7) is 0.969. The van der Waals surface area contributed by atoms with Gasteiger partial charge in [-0.15, -0.1) is 0 Å². The van der Waals surface area contributed by atoms with Gasteiger partial charge in [0.25, 0.3) is 0 Å². The molecule has 5 nitrogen and oxygen atoms in total. The molecule has 3 aromatic carbocycles. The minimum Gasteiger partial charge on any atom is -0.489 e. The lowest BCUT2D eigenvalue weighted by molar-refractivity contribution is -0.203. The van der Waals surface area contributed by atoms with E-state index in [2.05, 4.69) is 4.74 Å². The zero-order chi connectivity index (χ0) is 26.6. The molecule has 0 saturated carbocycles. The van der Waals surface area contributed by atoms with Crippen LogP contribution in [0.25, 0.3) is 11.1 Å². The van der Waals surface area contributed by atoms with Gasteiger partial charge in [-0.3, -0.25) is 4.90 Å². The van der Waals surface area contributed by atoms with Gasteiger partial charge in [0.15, 0.2) is 0 Å². The van der Waals surface area contributed by atoms with E-state index in [-0.39, 0.29) is 18.7 Å². The fraction of sp³-hybridized carbons (Fsp3) is 0.259. The van der Waals surface area contributed by atoms with Gasteiger partial charge < -0.3 is 9.47 Å². The van der Waals surface area contributed by atoms with E-state index in [1.807, 2.05) is 18.2 Å². The van der Waals surface area contributed by atoms with E-state index in [0.717, 1.165) is 17.2 Å². The maximum atomic E-state index is 14.0. The van der Waals surface area contributed by atoms with Gasteiger partial charge in [-0.05, 0) is 60.3 Å². The van der Waals surface area contributed by atoms with Crippen LogP contribution in [0.3, 0.4) is 0 Å². The van der Waals surface area contributed by atoms with Crippen LogP contribution in [0.4, 0.5) is 22.0 Å². The second kappa shape index (κ2) is 11.1. The monoisotopic (exact) mass is 519 g/mol. The number of hydrogen-bond donors (Lipinski definition) is 0. The van der Waals surface area contributed by atoms with Crippen LogP contribution in [0.1, 0.15) is 24.0 Å². The van der Waals surface area contributed by atoms with Crippen LogP contribution in [-0.4, -0.2) is 35.6 Å². The minimum absolute atomic E-state index is 0.212. The van der Waals surface area contributed by atoms with Crippen LogP contribution in [0.15, 0.2) is 66.7 Å². The number of halogens is 5. The third kappa shape index (κ3) is 6.71. The van der Waals surface area contributed by atoms with Crippen molar-refractivity contribution in [2.45, 2.75) is 38.2 Å². The lowest BCUT2D eigenvalue weighted by Gasteiger charge is -2.23. The number of benzene rings is 3. The number of alkyl halides is 3. The van der Waals surface area contributed by atoms with Crippen LogP contribution < -0.4 is 4.74 Å². The predicted octanol–water partition coefficient (Wildman–Crippen LogP) is 5.81. The molecule has 37 heavy (non-hydrogen) atoms. The molecule has 1 aliphatic heterocycles. The summed E-state index contributed by atoms with van der Waals surface area (Å²) in [7, 11) is 0. The number of rotatable bonds is 7. The summed E-state index contributed by atoms with van der Waals surface area (Å²) in [5, 5.41) is 0. The van der Waals surface area contributed by atoms with Crippen molar-refractivity contribution in [1.82, 2.24) is 4.90 Å². The molecule has 10 heteroatoms. The second-order valence-corrected chi connectivity index (χ2v) is 8.59. The standard InChI is InChI=1S/C27H22F5NO4/c28-20-8-11-22(23(29)14-20)19-6-9-21(10-7-19)36-16-18-4-1-3-17(13-18)15-33-12-2-5-24(33)25(34)37-26(35)27(30,31)32/h1,3-4,6-11,13-14,24H,2,5,12,15-16H2/t24-/m0/s1. The topological polar surface area (TPSA) is 55.8 Å². The van der Waals surface area contributed by atoms with E-state index < -0.39 is 35.8 Å². The predicted molar refractivity (Wildman–Crippen MR) is 123 cm³/mol. The van der Waals surface area contributed by atoms with Gasteiger partial charge in [-0.2, -0.15) is 13.2 Å². The molecule has 3 aromatic rings. The van der Waals surface area contributed by atoms with Crippen molar-refractivity contribution in [3.8, 4) is 16.9 Å². The first kappa shape index (κ1) is 26.3. The first-order chi connectivity index (χ1) is 17.6. The van der Waals surface area contributed by atoms with E-state index in [1.54, 1.807) is 35.2 Å². The number of ether oxygens (including phenoxy) is 2. The second-order valence-electron chi connectivity index (χ2n) is 8.59. The highest BCUT2D eigenvalue weighted by Crippen LogP contribution is 2.27. The average Bonchev–Trinajstić information content (AvgIpc) is 3.31. The Bertz CT molecular complexity index is 1280. The van der Waals surface area contributed by atoms with Crippen LogP contribution in [0.2, 0.25) is 0 Å². The fourth-order valence-corrected chi connectivity index (χ4v) is 4.17. The van der Waals surface area contributed by atoms with E-state index in [9.17, 15) is 31.5 Å². The minimum atomic E-state index is -5.23. The van der Waals surface area contributed by atoms with Crippen LogP contribution >= 0.6 is 0 Å². The van der Waals surface area contributed by atoms with Crippen molar-refractivity contribution in [3.63, 3.8) is 0 Å². The summed E-state index contributed by atoms with van der Waals surface area (Å²) in [6.07, 6.45) is -4.35. The number of nitrogens with zero attached hydrogens (tertiary/aromatic N) is 1. The molecule has 1 heterocycles. The van der Waals surface area contributed by atoms with Gasteiger partial charge in [-0.25, -0.2) is 18.4 Å². The molecule has 1 atom stereocenters. The Balaban J connectivity index is 1.35. The summed E-state index contributed by atoms with van der Waals surface area (Å²) in [5.41, 5.74) is 2.47. The Morgan fingerprint density at radius 2 is 1.68 bits per heavy atom. The highest BCUT2D eigenvalue weighted by Gasteiger charge is 2.44. The van der Waals surface area contributed by atoms with Gasteiger partial charge in [0, 0.05) is 18.2 Å². The molecule has 1 fully saturated rings. The van der Waals surface area contributed by atoms with E-state index in [0.29, 0.717) is 30.7 Å². The smallest absolute Gasteiger partial charge is 0.489 e. The zero-order valence-electron chi connectivity index (χ0n) is 19.4. The molecule has 0 bridgehead atoms. The Morgan fingerprint density at radius 3 is 2.38 bits per heavy atom. The Labute approximate surface area is 209 Å². The Kier molecular flexibility index (Phi) is 7.87. The Hall–Kier alpha value is -3.79. The van der Waals surface area contributed by atoms with Gasteiger partial charge in [-0.1, -0.05) is 36.4 Å². The SMILES string of the molecule is O=C(OC(=O)C(F)(F)F)[C@@H]1CCCN1Cc1cccc(COc2ccc(-c3ccc(F)cc3F)cc2)c1. The normalized spacial score (nSPS) is 16.0. The van der Waals surface area contributed by atoms with Gasteiger partial charge in [0.2, 0.25) is 0 Å². The molecule has 4 rings (SSSR count). The lowest BCUT2D eigenvalue weighted by Crippen LogP contribution is -2.40. The molecule has 1 saturated heterocycles. The van der Waals surface area contributed by atoms with Gasteiger partial charge in [0.1, 0.15) is 30.0 Å². The molecular weight excluding hydrogens is 497 g/mol. The molecular formula is C27H22F5NO4. The maximum absolute atomic E-state index is 14.0. The van der Waals surface area contributed by atoms with Crippen molar-refractivity contribution < 1.29 is 41.0 Å². The van der Waals surface area contributed by atoms with E-state index >= 15 is 0 Å². The molecule has 1 aliphatic rings. The van der Waals surface area contributed by atoms with Gasteiger partial charge >= 0.3 is 18.1 Å². The van der Waals surface area contributed by atoms with Crippen molar-refractivity contribution in [2.24, 2.45) is 0 Å². The quantitative estimate of drug-likeness (QED) is 0.224. The third-order valence-corrected chi connectivity index (χ3v) is 5.94. The average molecular weight is 519 g/mol. The summed E-state index contributed by atoms with van der Waals surface area (Å²) >= 11 is 0. The number of likely N-dealkylation sites (tertiary alicyclic amines) is 1. The van der Waals surface area contributed by atoms with Crippen LogP contribution in [-0.2, 0) is 27.5 Å². The summed E-state index contributed by atoms with van der Waals surface area (Å²) in [5.74, 6) is -4.50. The molecule has 194 valence electrons. The number of hydrogen-bond acceptors (Lipinski definition) is 5. The number of carbonyl (C=O) groups excluding carboxylic acids is 2.